The SMILES string of the molecule is CCCCC(=O)NC1[C@H](OC)OC(COCCO)[C@H](O[C@@H]2OC(COCCO)[C@H](O[C@@H]3OC(COCCO)[C@H](C)[C@@H](O)C3N)[C@@H](O)C2NC(C)=O)[C@H]1O. The summed E-state index contributed by atoms with van der Waals surface area (Å²) in [5.41, 5.74) is 6.33. The summed E-state index contributed by atoms with van der Waals surface area (Å²) in [5, 5.41) is 67.7. The molecule has 15 atom stereocenters. The average Bonchev–Trinajstić information content (AvgIpc) is 3.13. The number of rotatable bonds is 22. The molecule has 2 amide bonds. The summed E-state index contributed by atoms with van der Waals surface area (Å²) in [6, 6.07) is -3.57. The van der Waals surface area contributed by atoms with Crippen molar-refractivity contribution in [1.29, 1.82) is 0 Å². The van der Waals surface area contributed by atoms with Crippen molar-refractivity contribution in [2.24, 2.45) is 11.7 Å². The maximum atomic E-state index is 12.8. The summed E-state index contributed by atoms with van der Waals surface area (Å²) in [4.78, 5) is 25.3. The van der Waals surface area contributed by atoms with Crippen LogP contribution in [0.1, 0.15) is 40.0 Å². The van der Waals surface area contributed by atoms with Crippen LogP contribution in [0.2, 0.25) is 0 Å². The number of nitrogens with two attached hydrogens (primary N) is 1. The molecule has 6 unspecified atom stereocenters. The monoisotopic (exact) mass is 771 g/mol. The Bertz CT molecular complexity index is 1070. The molecular weight excluding hydrogens is 710 g/mol. The molecule has 0 spiro atoms. The highest BCUT2D eigenvalue weighted by Crippen LogP contribution is 2.34. The molecule has 0 aromatic rings. The van der Waals surface area contributed by atoms with Gasteiger partial charge < -0.3 is 89.6 Å². The third kappa shape index (κ3) is 12.9. The number of carbonyl (C=O) groups excluding carboxylic acids is 2. The molecule has 10 N–H and O–H groups in total. The van der Waals surface area contributed by atoms with Crippen molar-refractivity contribution in [1.82, 2.24) is 10.6 Å². The Hall–Kier alpha value is -1.70. The lowest BCUT2D eigenvalue weighted by Gasteiger charge is -2.50. The second kappa shape index (κ2) is 23.4. The predicted octanol–water partition coefficient (Wildman–Crippen LogP) is -4.17. The number of aliphatic hydroxyl groups excluding tert-OH is 6. The van der Waals surface area contributed by atoms with Crippen molar-refractivity contribution in [3.8, 4) is 0 Å². The van der Waals surface area contributed by atoms with Gasteiger partial charge in [0.2, 0.25) is 11.8 Å². The van der Waals surface area contributed by atoms with Gasteiger partial charge in [0.05, 0.1) is 77.7 Å². The fourth-order valence-corrected chi connectivity index (χ4v) is 6.43. The normalized spacial score (nSPS) is 37.7. The highest BCUT2D eigenvalue weighted by Gasteiger charge is 2.54. The molecule has 0 bridgehead atoms. The van der Waals surface area contributed by atoms with E-state index in [1.807, 2.05) is 6.92 Å². The Labute approximate surface area is 309 Å². The number of nitrogens with one attached hydrogen (secondary N) is 2. The van der Waals surface area contributed by atoms with Crippen molar-refractivity contribution in [2.45, 2.75) is 126 Å². The largest absolute Gasteiger partial charge is 0.394 e. The van der Waals surface area contributed by atoms with Crippen molar-refractivity contribution in [2.75, 3.05) is 66.6 Å². The van der Waals surface area contributed by atoms with E-state index >= 15 is 0 Å². The van der Waals surface area contributed by atoms with E-state index in [-0.39, 0.29) is 71.8 Å². The fraction of sp³-hybridized carbons (Fsp3) is 0.939. The topological polar surface area (TPSA) is 289 Å². The molecule has 3 rings (SSSR count). The lowest BCUT2D eigenvalue weighted by atomic mass is 9.89. The lowest BCUT2D eigenvalue weighted by molar-refractivity contribution is -0.351. The maximum Gasteiger partial charge on any atom is 0.220 e. The molecule has 20 nitrogen and oxygen atoms in total. The molecule has 0 aliphatic carbocycles. The lowest BCUT2D eigenvalue weighted by Crippen LogP contribution is -2.70. The van der Waals surface area contributed by atoms with Crippen molar-refractivity contribution >= 4 is 11.8 Å². The average molecular weight is 772 g/mol. The molecule has 3 heterocycles. The van der Waals surface area contributed by atoms with Gasteiger partial charge in [-0.25, -0.2) is 0 Å². The smallest absolute Gasteiger partial charge is 0.220 e. The zero-order chi connectivity index (χ0) is 39.1. The minimum absolute atomic E-state index is 0.00150. The van der Waals surface area contributed by atoms with Crippen LogP contribution in [0.5, 0.6) is 0 Å². The zero-order valence-corrected chi connectivity index (χ0v) is 30.9. The Morgan fingerprint density at radius 2 is 1.19 bits per heavy atom. The van der Waals surface area contributed by atoms with Crippen molar-refractivity contribution in [3.63, 3.8) is 0 Å². The Balaban J connectivity index is 1.94. The molecule has 3 aliphatic heterocycles. The number of hydrogen-bond acceptors (Lipinski definition) is 18. The van der Waals surface area contributed by atoms with Gasteiger partial charge in [0, 0.05) is 26.4 Å². The van der Waals surface area contributed by atoms with Crippen LogP contribution < -0.4 is 16.4 Å². The number of methoxy groups -OCH3 is 1. The molecular formula is C33H61N3O17. The number of amides is 2. The molecule has 0 aromatic carbocycles. The van der Waals surface area contributed by atoms with E-state index in [0.29, 0.717) is 6.42 Å². The van der Waals surface area contributed by atoms with Gasteiger partial charge in [-0.3, -0.25) is 9.59 Å². The Morgan fingerprint density at radius 1 is 0.717 bits per heavy atom. The predicted molar refractivity (Wildman–Crippen MR) is 181 cm³/mol. The first-order chi connectivity index (χ1) is 25.4. The van der Waals surface area contributed by atoms with Crippen molar-refractivity contribution in [3.05, 3.63) is 0 Å². The van der Waals surface area contributed by atoms with Crippen LogP contribution in [-0.4, -0.2) is 195 Å². The molecule has 3 fully saturated rings. The highest BCUT2D eigenvalue weighted by atomic mass is 16.7. The quantitative estimate of drug-likeness (QED) is 0.0472. The van der Waals surface area contributed by atoms with Crippen LogP contribution in [0.15, 0.2) is 0 Å². The first-order valence-electron chi connectivity index (χ1n) is 18.1. The van der Waals surface area contributed by atoms with E-state index in [1.165, 1.54) is 14.0 Å². The van der Waals surface area contributed by atoms with Crippen LogP contribution in [-0.2, 0) is 52.2 Å². The molecule has 3 saturated heterocycles. The van der Waals surface area contributed by atoms with Crippen molar-refractivity contribution < 1.29 is 82.9 Å². The van der Waals surface area contributed by atoms with Gasteiger partial charge in [0.25, 0.3) is 0 Å². The fourth-order valence-electron chi connectivity index (χ4n) is 6.43. The number of hydrogen-bond donors (Lipinski definition) is 9. The summed E-state index contributed by atoms with van der Waals surface area (Å²) in [6.07, 6.45) is -12.2. The van der Waals surface area contributed by atoms with Crippen LogP contribution in [0.3, 0.4) is 0 Å². The number of unbranched alkanes of at least 4 members (excludes halogenated alkanes) is 1. The number of carbonyl (C=O) groups is 2. The van der Waals surface area contributed by atoms with Crippen LogP contribution >= 0.6 is 0 Å². The second-order valence-corrected chi connectivity index (χ2v) is 13.3. The number of aliphatic hydroxyl groups is 6. The van der Waals surface area contributed by atoms with Gasteiger partial charge in [0.15, 0.2) is 18.9 Å². The van der Waals surface area contributed by atoms with Gasteiger partial charge in [-0.15, -0.1) is 0 Å². The summed E-state index contributed by atoms with van der Waals surface area (Å²) >= 11 is 0. The maximum absolute atomic E-state index is 12.8. The van der Waals surface area contributed by atoms with Crippen LogP contribution in [0, 0.1) is 5.92 Å². The van der Waals surface area contributed by atoms with Crippen LogP contribution in [0.25, 0.3) is 0 Å². The summed E-state index contributed by atoms with van der Waals surface area (Å²) in [7, 11) is 1.34. The van der Waals surface area contributed by atoms with Gasteiger partial charge >= 0.3 is 0 Å². The molecule has 3 aliphatic rings. The minimum Gasteiger partial charge on any atom is -0.394 e. The van der Waals surface area contributed by atoms with Gasteiger partial charge in [-0.05, 0) is 6.42 Å². The Morgan fingerprint density at radius 3 is 1.68 bits per heavy atom. The first-order valence-corrected chi connectivity index (χ1v) is 18.1. The van der Waals surface area contributed by atoms with E-state index in [9.17, 15) is 35.1 Å². The minimum atomic E-state index is -1.61. The van der Waals surface area contributed by atoms with Crippen LogP contribution in [0.4, 0.5) is 0 Å². The van der Waals surface area contributed by atoms with E-state index in [1.54, 1.807) is 6.92 Å². The molecule has 0 radical (unpaired) electrons. The highest BCUT2D eigenvalue weighted by molar-refractivity contribution is 5.76. The third-order valence-corrected chi connectivity index (χ3v) is 9.31. The molecule has 20 heteroatoms. The molecule has 53 heavy (non-hydrogen) atoms. The van der Waals surface area contributed by atoms with Gasteiger partial charge in [-0.1, -0.05) is 20.3 Å². The van der Waals surface area contributed by atoms with E-state index in [2.05, 4.69) is 10.6 Å². The van der Waals surface area contributed by atoms with Gasteiger partial charge in [0.1, 0.15) is 48.7 Å². The Kier molecular flexibility index (Phi) is 20.2. The van der Waals surface area contributed by atoms with Gasteiger partial charge in [-0.2, -0.15) is 0 Å². The van der Waals surface area contributed by atoms with E-state index in [4.69, 9.17) is 53.5 Å². The first kappa shape index (κ1) is 45.7. The molecule has 0 saturated carbocycles. The second-order valence-electron chi connectivity index (χ2n) is 13.3. The molecule has 0 aromatic heterocycles. The summed E-state index contributed by atoms with van der Waals surface area (Å²) < 4.78 is 53.0. The van der Waals surface area contributed by atoms with E-state index < -0.39 is 97.7 Å². The summed E-state index contributed by atoms with van der Waals surface area (Å²) in [6.45, 7) is 3.38. The van der Waals surface area contributed by atoms with E-state index in [0.717, 1.165) is 6.42 Å². The zero-order valence-electron chi connectivity index (χ0n) is 30.9. The summed E-state index contributed by atoms with van der Waals surface area (Å²) in [5.74, 6) is -1.43. The number of ether oxygens (including phenoxy) is 9. The molecule has 310 valence electrons. The standard InChI is InChI=1S/C33H61N3O17/c1-5-6-7-22(41)36-24-27(43)30(20(15-47-12-9-38)50-32(24)45-4)53-33-25(35-18(3)40)28(44)29(21(51-33)16-48-13-10-39)52-31-23(34)26(42)17(2)19(49-31)14-46-11-8-37/h17,19-21,23-33,37-39,42-44H,5-16,34H2,1-4H3,(H,35,40)(H,36,41)/t17-,19?,20?,21?,23?,24?,25?,26+,27-,28-,29-,30-,31-,32+,33-/m0/s1. The third-order valence-electron chi connectivity index (χ3n) is 9.31.